The van der Waals surface area contributed by atoms with Crippen molar-refractivity contribution in [2.75, 3.05) is 20.1 Å². The number of aliphatic hydroxyl groups is 2. The summed E-state index contributed by atoms with van der Waals surface area (Å²) in [4.78, 5) is 5.09. The van der Waals surface area contributed by atoms with Crippen molar-refractivity contribution in [2.45, 2.75) is 37.9 Å². The zero-order chi connectivity index (χ0) is 15.3. The number of rotatable bonds is 5. The van der Waals surface area contributed by atoms with E-state index in [0.717, 1.165) is 24.1 Å². The van der Waals surface area contributed by atoms with E-state index in [9.17, 15) is 10.2 Å². The normalized spacial score (nSPS) is 25.6. The van der Waals surface area contributed by atoms with Crippen LogP contribution in [0.3, 0.4) is 0 Å². The third-order valence-electron chi connectivity index (χ3n) is 4.03. The molecule has 0 aliphatic heterocycles. The zero-order valence-corrected chi connectivity index (χ0v) is 13.5. The summed E-state index contributed by atoms with van der Waals surface area (Å²) < 4.78 is 0. The van der Waals surface area contributed by atoms with Crippen LogP contribution < -0.4 is 10.6 Å². The van der Waals surface area contributed by atoms with E-state index in [1.807, 2.05) is 17.5 Å². The molecule has 0 saturated heterocycles. The molecule has 4 N–H and O–H groups in total. The van der Waals surface area contributed by atoms with Crippen LogP contribution in [0.15, 0.2) is 22.5 Å². The monoisotopic (exact) mass is 311 g/mol. The van der Waals surface area contributed by atoms with Crippen molar-refractivity contribution in [3.05, 3.63) is 22.4 Å². The van der Waals surface area contributed by atoms with Crippen LogP contribution in [0.1, 0.15) is 31.1 Å². The average Bonchev–Trinajstić information content (AvgIpc) is 3.11. The van der Waals surface area contributed by atoms with Gasteiger partial charge in [0.2, 0.25) is 0 Å². The number of hydrogen-bond acceptors (Lipinski definition) is 4. The molecule has 1 heterocycles. The highest BCUT2D eigenvalue weighted by Crippen LogP contribution is 2.25. The predicted octanol–water partition coefficient (Wildman–Crippen LogP) is 1.28. The van der Waals surface area contributed by atoms with Gasteiger partial charge in [0.05, 0.1) is 12.6 Å². The number of aliphatic hydroxyl groups excluding tert-OH is 1. The summed E-state index contributed by atoms with van der Waals surface area (Å²) in [6.45, 7) is 2.89. The fourth-order valence-electron chi connectivity index (χ4n) is 2.63. The van der Waals surface area contributed by atoms with Gasteiger partial charge in [0.15, 0.2) is 5.96 Å². The van der Waals surface area contributed by atoms with E-state index < -0.39 is 5.60 Å². The Bertz CT molecular complexity index is 459. The van der Waals surface area contributed by atoms with Crippen molar-refractivity contribution in [3.8, 4) is 0 Å². The van der Waals surface area contributed by atoms with Crippen LogP contribution in [0.4, 0.5) is 0 Å². The molecule has 5 nitrogen and oxygen atoms in total. The molecule has 1 aliphatic rings. The molecule has 118 valence electrons. The van der Waals surface area contributed by atoms with Crippen LogP contribution in [-0.4, -0.2) is 42.4 Å². The van der Waals surface area contributed by atoms with Gasteiger partial charge < -0.3 is 20.8 Å². The lowest BCUT2D eigenvalue weighted by atomic mass is 10.1. The molecule has 0 aromatic carbocycles. The van der Waals surface area contributed by atoms with Crippen molar-refractivity contribution in [2.24, 2.45) is 10.9 Å². The van der Waals surface area contributed by atoms with Crippen molar-refractivity contribution < 1.29 is 10.2 Å². The Hall–Kier alpha value is -1.11. The van der Waals surface area contributed by atoms with Crippen LogP contribution in [0.25, 0.3) is 0 Å². The van der Waals surface area contributed by atoms with Gasteiger partial charge in [0, 0.05) is 24.4 Å². The molecule has 2 rings (SSSR count). The standard InChI is InChI=1S/C15H25N3O2S/c1-15(20,13-7-4-8-21-13)10-18-14(16-2)17-9-11-5-3-6-12(11)19/h4,7-8,11-12,19-20H,3,5-6,9-10H2,1-2H3,(H2,16,17,18). The minimum absolute atomic E-state index is 0.204. The molecule has 1 fully saturated rings. The molecular formula is C15H25N3O2S. The van der Waals surface area contributed by atoms with E-state index in [0.29, 0.717) is 25.0 Å². The van der Waals surface area contributed by atoms with Crippen LogP contribution in [0.5, 0.6) is 0 Å². The van der Waals surface area contributed by atoms with E-state index in [1.54, 1.807) is 14.0 Å². The smallest absolute Gasteiger partial charge is 0.191 e. The maximum atomic E-state index is 10.5. The molecule has 3 atom stereocenters. The third kappa shape index (κ3) is 4.43. The summed E-state index contributed by atoms with van der Waals surface area (Å²) in [5.74, 6) is 0.951. The van der Waals surface area contributed by atoms with Crippen LogP contribution >= 0.6 is 11.3 Å². The summed E-state index contributed by atoms with van der Waals surface area (Å²) in [5, 5.41) is 28.6. The van der Waals surface area contributed by atoms with Crippen molar-refractivity contribution in [1.82, 2.24) is 10.6 Å². The Labute approximate surface area is 130 Å². The van der Waals surface area contributed by atoms with Gasteiger partial charge in [0.25, 0.3) is 0 Å². The lowest BCUT2D eigenvalue weighted by Crippen LogP contribution is -2.46. The minimum Gasteiger partial charge on any atom is -0.393 e. The first-order valence-corrected chi connectivity index (χ1v) is 8.30. The average molecular weight is 311 g/mol. The molecule has 1 aliphatic carbocycles. The third-order valence-corrected chi connectivity index (χ3v) is 5.15. The van der Waals surface area contributed by atoms with Gasteiger partial charge in [0.1, 0.15) is 5.60 Å². The SMILES string of the molecule is CN=C(NCC1CCCC1O)NCC(C)(O)c1cccs1. The second kappa shape index (κ2) is 7.24. The Balaban J connectivity index is 1.80. The molecule has 6 heteroatoms. The Morgan fingerprint density at radius 2 is 2.29 bits per heavy atom. The summed E-state index contributed by atoms with van der Waals surface area (Å²) in [5.41, 5.74) is -0.918. The highest BCUT2D eigenvalue weighted by Gasteiger charge is 2.26. The number of aliphatic imine (C=N–C) groups is 1. The largest absolute Gasteiger partial charge is 0.393 e. The number of nitrogens with zero attached hydrogens (tertiary/aromatic N) is 1. The second-order valence-electron chi connectivity index (χ2n) is 5.82. The van der Waals surface area contributed by atoms with Crippen LogP contribution in [0.2, 0.25) is 0 Å². The van der Waals surface area contributed by atoms with Gasteiger partial charge >= 0.3 is 0 Å². The predicted molar refractivity (Wildman–Crippen MR) is 86.6 cm³/mol. The highest BCUT2D eigenvalue weighted by molar-refractivity contribution is 7.10. The van der Waals surface area contributed by atoms with Gasteiger partial charge in [-0.15, -0.1) is 11.3 Å². The molecule has 3 unspecified atom stereocenters. The van der Waals surface area contributed by atoms with E-state index in [1.165, 1.54) is 11.3 Å². The van der Waals surface area contributed by atoms with Gasteiger partial charge in [-0.3, -0.25) is 4.99 Å². The second-order valence-corrected chi connectivity index (χ2v) is 6.76. The van der Waals surface area contributed by atoms with E-state index >= 15 is 0 Å². The van der Waals surface area contributed by atoms with Crippen molar-refractivity contribution in [1.29, 1.82) is 0 Å². The molecule has 0 bridgehead atoms. The molecule has 0 spiro atoms. The van der Waals surface area contributed by atoms with Crippen molar-refractivity contribution in [3.63, 3.8) is 0 Å². The van der Waals surface area contributed by atoms with Crippen LogP contribution in [0, 0.1) is 5.92 Å². The lowest BCUT2D eigenvalue weighted by Gasteiger charge is -2.24. The number of hydrogen-bond donors (Lipinski definition) is 4. The number of nitrogens with one attached hydrogen (secondary N) is 2. The maximum absolute atomic E-state index is 10.5. The summed E-state index contributed by atoms with van der Waals surface area (Å²) >= 11 is 1.54. The zero-order valence-electron chi connectivity index (χ0n) is 12.7. The Morgan fingerprint density at radius 1 is 1.48 bits per heavy atom. The van der Waals surface area contributed by atoms with Gasteiger partial charge in [-0.2, -0.15) is 0 Å². The van der Waals surface area contributed by atoms with E-state index in [2.05, 4.69) is 15.6 Å². The summed E-state index contributed by atoms with van der Waals surface area (Å²) in [6, 6.07) is 3.86. The Kier molecular flexibility index (Phi) is 5.61. The van der Waals surface area contributed by atoms with Gasteiger partial charge in [-0.05, 0) is 31.2 Å². The minimum atomic E-state index is -0.918. The molecule has 0 radical (unpaired) electrons. The first-order valence-electron chi connectivity index (χ1n) is 7.42. The quantitative estimate of drug-likeness (QED) is 0.488. The number of thiophene rings is 1. The van der Waals surface area contributed by atoms with Crippen LogP contribution in [-0.2, 0) is 5.60 Å². The first-order chi connectivity index (χ1) is 10.0. The van der Waals surface area contributed by atoms with Gasteiger partial charge in [-0.25, -0.2) is 0 Å². The first kappa shape index (κ1) is 16.3. The fourth-order valence-corrected chi connectivity index (χ4v) is 3.42. The molecule has 21 heavy (non-hydrogen) atoms. The van der Waals surface area contributed by atoms with Crippen molar-refractivity contribution >= 4 is 17.3 Å². The maximum Gasteiger partial charge on any atom is 0.191 e. The fraction of sp³-hybridized carbons (Fsp3) is 0.667. The topological polar surface area (TPSA) is 76.9 Å². The highest BCUT2D eigenvalue weighted by atomic mass is 32.1. The molecule has 1 aromatic heterocycles. The molecular weight excluding hydrogens is 286 g/mol. The van der Waals surface area contributed by atoms with E-state index in [-0.39, 0.29) is 6.10 Å². The Morgan fingerprint density at radius 3 is 2.86 bits per heavy atom. The molecule has 1 saturated carbocycles. The molecule has 1 aromatic rings. The summed E-state index contributed by atoms with van der Waals surface area (Å²) in [6.07, 6.45) is 2.83. The van der Waals surface area contributed by atoms with E-state index in [4.69, 9.17) is 0 Å². The number of guanidine groups is 1. The lowest BCUT2D eigenvalue weighted by molar-refractivity contribution is 0.0654. The van der Waals surface area contributed by atoms with Gasteiger partial charge in [-0.1, -0.05) is 12.5 Å². The summed E-state index contributed by atoms with van der Waals surface area (Å²) in [7, 11) is 1.71. The molecule has 0 amide bonds.